The molecular weight excluding hydrogens is 448 g/mol. The number of aryl methyl sites for hydroxylation is 1. The first-order chi connectivity index (χ1) is 16.7. The normalized spacial score (nSPS) is 19.6. The van der Waals surface area contributed by atoms with Crippen LogP contribution in [0.1, 0.15) is 42.9 Å². The van der Waals surface area contributed by atoms with Gasteiger partial charge in [-0.2, -0.15) is 0 Å². The standard InChI is InChI=1S/C26H30N4O3S/c1-32-20-13-11-19(12-14-20)25-28-29-26(30(25)16-21-8-5-15-33-21)34-17-24(31)27-23-10-4-7-18-6-2-3-9-22(18)23/h2-3,6,9,11-14,21,23H,4-5,7-8,10,15-17H2,1H3,(H,27,31)/t21-,23+/m0/s1. The van der Waals surface area contributed by atoms with Crippen LogP contribution in [0.5, 0.6) is 5.75 Å². The molecule has 0 spiro atoms. The van der Waals surface area contributed by atoms with Crippen LogP contribution in [0.3, 0.4) is 0 Å². The summed E-state index contributed by atoms with van der Waals surface area (Å²) in [6, 6.07) is 16.3. The smallest absolute Gasteiger partial charge is 0.230 e. The largest absolute Gasteiger partial charge is 0.497 e. The number of methoxy groups -OCH3 is 1. The van der Waals surface area contributed by atoms with E-state index in [1.54, 1.807) is 7.11 Å². The fraction of sp³-hybridized carbons (Fsp3) is 0.423. The molecule has 1 aliphatic carbocycles. The van der Waals surface area contributed by atoms with Gasteiger partial charge in [0.15, 0.2) is 11.0 Å². The second kappa shape index (κ2) is 10.6. The highest BCUT2D eigenvalue weighted by atomic mass is 32.2. The van der Waals surface area contributed by atoms with Crippen LogP contribution >= 0.6 is 11.8 Å². The summed E-state index contributed by atoms with van der Waals surface area (Å²) in [5.74, 6) is 1.89. The molecule has 1 N–H and O–H groups in total. The van der Waals surface area contributed by atoms with Gasteiger partial charge in [0.1, 0.15) is 5.75 Å². The van der Waals surface area contributed by atoms with Crippen molar-refractivity contribution in [1.29, 1.82) is 0 Å². The van der Waals surface area contributed by atoms with Crippen molar-refractivity contribution in [3.8, 4) is 17.1 Å². The average molecular weight is 479 g/mol. The molecule has 3 aromatic rings. The van der Waals surface area contributed by atoms with Crippen LogP contribution in [0.2, 0.25) is 0 Å². The fourth-order valence-corrected chi connectivity index (χ4v) is 5.53. The summed E-state index contributed by atoms with van der Waals surface area (Å²) in [6.45, 7) is 1.47. The highest BCUT2D eigenvalue weighted by Gasteiger charge is 2.24. The van der Waals surface area contributed by atoms with Gasteiger partial charge in [0, 0.05) is 12.2 Å². The summed E-state index contributed by atoms with van der Waals surface area (Å²) in [5, 5.41) is 12.9. The van der Waals surface area contributed by atoms with Crippen molar-refractivity contribution < 1.29 is 14.3 Å². The van der Waals surface area contributed by atoms with E-state index >= 15 is 0 Å². The first-order valence-electron chi connectivity index (χ1n) is 11.9. The minimum atomic E-state index is 0.0179. The van der Waals surface area contributed by atoms with Crippen LogP contribution in [0.15, 0.2) is 53.7 Å². The van der Waals surface area contributed by atoms with Gasteiger partial charge in [0.05, 0.1) is 31.6 Å². The zero-order chi connectivity index (χ0) is 23.3. The van der Waals surface area contributed by atoms with Crippen LogP contribution in [0.25, 0.3) is 11.4 Å². The molecule has 0 unspecified atom stereocenters. The van der Waals surface area contributed by atoms with E-state index < -0.39 is 0 Å². The number of nitrogens with zero attached hydrogens (tertiary/aromatic N) is 3. The second-order valence-electron chi connectivity index (χ2n) is 8.78. The molecule has 1 saturated heterocycles. The second-order valence-corrected chi connectivity index (χ2v) is 9.72. The Morgan fingerprint density at radius 2 is 2.00 bits per heavy atom. The molecule has 1 aromatic heterocycles. The van der Waals surface area contributed by atoms with E-state index in [9.17, 15) is 4.79 Å². The zero-order valence-electron chi connectivity index (χ0n) is 19.4. The average Bonchev–Trinajstić information content (AvgIpc) is 3.53. The molecule has 0 saturated carbocycles. The van der Waals surface area contributed by atoms with Gasteiger partial charge in [-0.25, -0.2) is 0 Å². The number of hydrogen-bond donors (Lipinski definition) is 1. The summed E-state index contributed by atoms with van der Waals surface area (Å²) in [4.78, 5) is 12.9. The lowest BCUT2D eigenvalue weighted by molar-refractivity contribution is -0.119. The molecule has 2 heterocycles. The van der Waals surface area contributed by atoms with Crippen molar-refractivity contribution >= 4 is 17.7 Å². The van der Waals surface area contributed by atoms with Crippen molar-refractivity contribution in [2.45, 2.75) is 56.0 Å². The number of carbonyl (C=O) groups excluding carboxylic acids is 1. The number of nitrogens with one attached hydrogen (secondary N) is 1. The predicted molar refractivity (Wildman–Crippen MR) is 132 cm³/mol. The Morgan fingerprint density at radius 1 is 1.15 bits per heavy atom. The van der Waals surface area contributed by atoms with Gasteiger partial charge in [-0.1, -0.05) is 36.0 Å². The summed E-state index contributed by atoms with van der Waals surface area (Å²) >= 11 is 1.43. The predicted octanol–water partition coefficient (Wildman–Crippen LogP) is 4.42. The maximum Gasteiger partial charge on any atom is 0.230 e. The van der Waals surface area contributed by atoms with Gasteiger partial charge in [-0.3, -0.25) is 9.36 Å². The van der Waals surface area contributed by atoms with Gasteiger partial charge in [-0.15, -0.1) is 10.2 Å². The monoisotopic (exact) mass is 478 g/mol. The maximum atomic E-state index is 12.9. The molecule has 0 bridgehead atoms. The lowest BCUT2D eigenvalue weighted by Crippen LogP contribution is -2.32. The Hall–Kier alpha value is -2.84. The Morgan fingerprint density at radius 3 is 2.79 bits per heavy atom. The summed E-state index contributed by atoms with van der Waals surface area (Å²) in [6.07, 6.45) is 5.38. The number of fused-ring (bicyclic) bond motifs is 1. The fourth-order valence-electron chi connectivity index (χ4n) is 4.78. The van der Waals surface area contributed by atoms with E-state index in [0.717, 1.165) is 61.0 Å². The first-order valence-corrected chi connectivity index (χ1v) is 12.9. The molecule has 7 nitrogen and oxygen atoms in total. The summed E-state index contributed by atoms with van der Waals surface area (Å²) < 4.78 is 13.3. The van der Waals surface area contributed by atoms with Crippen molar-refractivity contribution in [3.05, 3.63) is 59.7 Å². The van der Waals surface area contributed by atoms with E-state index in [-0.39, 0.29) is 18.1 Å². The number of amides is 1. The minimum absolute atomic E-state index is 0.0179. The van der Waals surface area contributed by atoms with Gasteiger partial charge in [-0.05, 0) is 67.5 Å². The molecule has 2 atom stereocenters. The van der Waals surface area contributed by atoms with Crippen LogP contribution in [0.4, 0.5) is 0 Å². The van der Waals surface area contributed by atoms with Crippen molar-refractivity contribution in [1.82, 2.24) is 20.1 Å². The molecule has 2 aliphatic rings. The number of benzene rings is 2. The van der Waals surface area contributed by atoms with Crippen molar-refractivity contribution in [3.63, 3.8) is 0 Å². The quantitative estimate of drug-likeness (QED) is 0.483. The van der Waals surface area contributed by atoms with E-state index in [2.05, 4.69) is 38.3 Å². The highest BCUT2D eigenvalue weighted by Crippen LogP contribution is 2.30. The lowest BCUT2D eigenvalue weighted by Gasteiger charge is -2.26. The Bertz CT molecular complexity index is 1130. The molecule has 1 aliphatic heterocycles. The Kier molecular flexibility index (Phi) is 7.16. The zero-order valence-corrected chi connectivity index (χ0v) is 20.2. The number of rotatable bonds is 8. The van der Waals surface area contributed by atoms with E-state index in [1.165, 1.54) is 22.9 Å². The molecule has 5 rings (SSSR count). The summed E-state index contributed by atoms with van der Waals surface area (Å²) in [5.41, 5.74) is 3.55. The van der Waals surface area contributed by atoms with Crippen LogP contribution in [0, 0.1) is 0 Å². The van der Waals surface area contributed by atoms with E-state index in [1.807, 2.05) is 30.3 Å². The third-order valence-electron chi connectivity index (χ3n) is 6.51. The van der Waals surface area contributed by atoms with Gasteiger partial charge in [0.25, 0.3) is 0 Å². The third kappa shape index (κ3) is 5.13. The maximum absolute atomic E-state index is 12.9. The van der Waals surface area contributed by atoms with Gasteiger partial charge >= 0.3 is 0 Å². The number of aromatic nitrogens is 3. The summed E-state index contributed by atoms with van der Waals surface area (Å²) in [7, 11) is 1.65. The minimum Gasteiger partial charge on any atom is -0.497 e. The Balaban J connectivity index is 1.30. The molecule has 2 aromatic carbocycles. The van der Waals surface area contributed by atoms with Gasteiger partial charge in [0.2, 0.25) is 5.91 Å². The number of thioether (sulfide) groups is 1. The topological polar surface area (TPSA) is 78.3 Å². The van der Waals surface area contributed by atoms with Crippen molar-refractivity contribution in [2.75, 3.05) is 19.5 Å². The van der Waals surface area contributed by atoms with Crippen LogP contribution in [-0.2, 0) is 22.5 Å². The lowest BCUT2D eigenvalue weighted by atomic mass is 9.88. The molecule has 178 valence electrons. The molecule has 0 radical (unpaired) electrons. The van der Waals surface area contributed by atoms with Crippen molar-refractivity contribution in [2.24, 2.45) is 0 Å². The highest BCUT2D eigenvalue weighted by molar-refractivity contribution is 7.99. The molecule has 1 fully saturated rings. The van der Waals surface area contributed by atoms with Crippen LogP contribution < -0.4 is 10.1 Å². The third-order valence-corrected chi connectivity index (χ3v) is 7.48. The molecular formula is C26H30N4O3S. The number of carbonyl (C=O) groups is 1. The van der Waals surface area contributed by atoms with Crippen LogP contribution in [-0.4, -0.2) is 46.2 Å². The number of ether oxygens (including phenoxy) is 2. The molecule has 34 heavy (non-hydrogen) atoms. The Labute approximate surface area is 204 Å². The van der Waals surface area contributed by atoms with E-state index in [4.69, 9.17) is 9.47 Å². The first kappa shape index (κ1) is 22.9. The number of hydrogen-bond acceptors (Lipinski definition) is 6. The molecule has 8 heteroatoms. The van der Waals surface area contributed by atoms with Gasteiger partial charge < -0.3 is 14.8 Å². The molecule has 1 amide bonds. The van der Waals surface area contributed by atoms with E-state index in [0.29, 0.717) is 12.3 Å². The SMILES string of the molecule is COc1ccc(-c2nnc(SCC(=O)N[C@@H]3CCCc4ccccc43)n2C[C@@H]2CCCO2)cc1.